The van der Waals surface area contributed by atoms with Gasteiger partial charge in [-0.1, -0.05) is 6.42 Å². The van der Waals surface area contributed by atoms with Crippen molar-refractivity contribution in [2.24, 2.45) is 0 Å². The van der Waals surface area contributed by atoms with Crippen LogP contribution in [0.5, 0.6) is 5.75 Å². The Morgan fingerprint density at radius 2 is 2.00 bits per heavy atom. The molecule has 1 fully saturated rings. The molecule has 1 unspecified atom stereocenters. The number of phenols is 1. The van der Waals surface area contributed by atoms with E-state index in [2.05, 4.69) is 10.0 Å². The molecule has 0 bridgehead atoms. The van der Waals surface area contributed by atoms with E-state index in [0.29, 0.717) is 5.69 Å². The summed E-state index contributed by atoms with van der Waals surface area (Å²) in [7, 11) is -3.34. The highest BCUT2D eigenvalue weighted by molar-refractivity contribution is 7.92. The molecule has 5 nitrogen and oxygen atoms in total. The Kier molecular flexibility index (Phi) is 4.08. The molecular weight excluding hydrogens is 252 g/mol. The minimum absolute atomic E-state index is 0.0355. The van der Waals surface area contributed by atoms with Gasteiger partial charge in [0, 0.05) is 11.7 Å². The molecule has 1 saturated heterocycles. The van der Waals surface area contributed by atoms with Crippen molar-refractivity contribution < 1.29 is 13.5 Å². The van der Waals surface area contributed by atoms with Crippen LogP contribution in [0.15, 0.2) is 24.3 Å². The molecule has 18 heavy (non-hydrogen) atoms. The number of sulfonamides is 1. The van der Waals surface area contributed by atoms with Crippen molar-refractivity contribution in [3.63, 3.8) is 0 Å². The first-order valence-corrected chi connectivity index (χ1v) is 7.73. The third kappa shape index (κ3) is 3.89. The second-order valence-electron chi connectivity index (χ2n) is 4.58. The summed E-state index contributed by atoms with van der Waals surface area (Å²) in [4.78, 5) is 0. The molecule has 0 aromatic heterocycles. The van der Waals surface area contributed by atoms with Crippen molar-refractivity contribution in [1.29, 1.82) is 0 Å². The molecule has 0 radical (unpaired) electrons. The number of nitrogens with one attached hydrogen (secondary N) is 2. The third-order valence-corrected chi connectivity index (χ3v) is 4.36. The summed E-state index contributed by atoms with van der Waals surface area (Å²) in [6.45, 7) is 0.888. The molecule has 6 heteroatoms. The fourth-order valence-electron chi connectivity index (χ4n) is 2.08. The second-order valence-corrected chi connectivity index (χ2v) is 6.34. The van der Waals surface area contributed by atoms with Crippen LogP contribution in [0.3, 0.4) is 0 Å². The van der Waals surface area contributed by atoms with E-state index in [-0.39, 0.29) is 17.5 Å². The molecule has 1 aromatic rings. The Morgan fingerprint density at radius 3 is 2.61 bits per heavy atom. The standard InChI is InChI=1S/C12H18N2O3S/c15-12-6-4-10(5-7-12)14-18(16,17)9-11-3-1-2-8-13-11/h4-7,11,13-15H,1-3,8-9H2. The van der Waals surface area contributed by atoms with Crippen molar-refractivity contribution in [1.82, 2.24) is 5.32 Å². The third-order valence-electron chi connectivity index (χ3n) is 2.97. The normalized spacial score (nSPS) is 20.6. The van der Waals surface area contributed by atoms with Crippen LogP contribution in [-0.4, -0.2) is 31.9 Å². The lowest BCUT2D eigenvalue weighted by Gasteiger charge is -2.23. The van der Waals surface area contributed by atoms with Crippen LogP contribution < -0.4 is 10.0 Å². The van der Waals surface area contributed by atoms with Gasteiger partial charge in [0.1, 0.15) is 5.75 Å². The fourth-order valence-corrected chi connectivity index (χ4v) is 3.47. The molecule has 1 atom stereocenters. The zero-order valence-corrected chi connectivity index (χ0v) is 10.9. The molecule has 1 aliphatic rings. The average Bonchev–Trinajstić information content (AvgIpc) is 2.32. The summed E-state index contributed by atoms with van der Waals surface area (Å²) in [6.07, 6.45) is 3.09. The summed E-state index contributed by atoms with van der Waals surface area (Å²) < 4.78 is 26.4. The Balaban J connectivity index is 1.96. The van der Waals surface area contributed by atoms with E-state index in [0.717, 1.165) is 25.8 Å². The maximum atomic E-state index is 11.9. The minimum atomic E-state index is -3.34. The summed E-state index contributed by atoms with van der Waals surface area (Å²) in [5.74, 6) is 0.209. The van der Waals surface area contributed by atoms with Crippen LogP contribution in [0.25, 0.3) is 0 Å². The topological polar surface area (TPSA) is 78.4 Å². The molecule has 0 aliphatic carbocycles. The van der Waals surface area contributed by atoms with Gasteiger partial charge in [-0.15, -0.1) is 0 Å². The predicted molar refractivity (Wildman–Crippen MR) is 71.2 cm³/mol. The summed E-state index contributed by atoms with van der Waals surface area (Å²) >= 11 is 0. The zero-order valence-electron chi connectivity index (χ0n) is 10.1. The van der Waals surface area contributed by atoms with E-state index in [9.17, 15) is 8.42 Å². The lowest BCUT2D eigenvalue weighted by atomic mass is 10.1. The number of phenolic OH excluding ortho intramolecular Hbond substituents is 1. The highest BCUT2D eigenvalue weighted by Crippen LogP contribution is 2.16. The number of piperidine rings is 1. The molecule has 1 aliphatic heterocycles. The minimum Gasteiger partial charge on any atom is -0.508 e. The van der Waals surface area contributed by atoms with Gasteiger partial charge >= 0.3 is 0 Å². The maximum absolute atomic E-state index is 11.9. The van der Waals surface area contributed by atoms with Gasteiger partial charge in [0.05, 0.1) is 5.75 Å². The number of hydrogen-bond acceptors (Lipinski definition) is 4. The van der Waals surface area contributed by atoms with Crippen LogP contribution in [0, 0.1) is 0 Å². The van der Waals surface area contributed by atoms with E-state index in [1.165, 1.54) is 12.1 Å². The monoisotopic (exact) mass is 270 g/mol. The Bertz CT molecular complexity index is 479. The molecule has 1 aromatic carbocycles. The van der Waals surface area contributed by atoms with Gasteiger partial charge in [-0.3, -0.25) is 4.72 Å². The van der Waals surface area contributed by atoms with E-state index in [1.807, 2.05) is 0 Å². The number of hydrogen-bond donors (Lipinski definition) is 3. The maximum Gasteiger partial charge on any atom is 0.234 e. The predicted octanol–water partition coefficient (Wildman–Crippen LogP) is 1.28. The molecule has 3 N–H and O–H groups in total. The van der Waals surface area contributed by atoms with Crippen molar-refractivity contribution in [2.75, 3.05) is 17.0 Å². The first-order valence-electron chi connectivity index (χ1n) is 6.08. The van der Waals surface area contributed by atoms with Crippen LogP contribution in [-0.2, 0) is 10.0 Å². The molecule has 1 heterocycles. The van der Waals surface area contributed by atoms with Crippen molar-refractivity contribution in [2.45, 2.75) is 25.3 Å². The van der Waals surface area contributed by atoms with Crippen molar-refractivity contribution in [3.05, 3.63) is 24.3 Å². The number of benzene rings is 1. The highest BCUT2D eigenvalue weighted by Gasteiger charge is 2.20. The fraction of sp³-hybridized carbons (Fsp3) is 0.500. The van der Waals surface area contributed by atoms with E-state index in [1.54, 1.807) is 12.1 Å². The van der Waals surface area contributed by atoms with Gasteiger partial charge in [0.15, 0.2) is 0 Å². The van der Waals surface area contributed by atoms with Crippen LogP contribution >= 0.6 is 0 Å². The second kappa shape index (κ2) is 5.58. The van der Waals surface area contributed by atoms with Gasteiger partial charge in [-0.05, 0) is 43.7 Å². The summed E-state index contributed by atoms with van der Waals surface area (Å²) in [5, 5.41) is 12.3. The van der Waals surface area contributed by atoms with Crippen molar-refractivity contribution >= 4 is 15.7 Å². The van der Waals surface area contributed by atoms with Gasteiger partial charge in [-0.25, -0.2) is 8.42 Å². The molecule has 0 saturated carbocycles. The van der Waals surface area contributed by atoms with Crippen LogP contribution in [0.4, 0.5) is 5.69 Å². The number of aromatic hydroxyl groups is 1. The molecule has 0 spiro atoms. The number of anilines is 1. The Labute approximate surface area is 107 Å². The van der Waals surface area contributed by atoms with E-state index in [4.69, 9.17) is 5.11 Å². The quantitative estimate of drug-likeness (QED) is 0.720. The van der Waals surface area contributed by atoms with Gasteiger partial charge < -0.3 is 10.4 Å². The SMILES string of the molecule is O=S(=O)(CC1CCCCN1)Nc1ccc(O)cc1. The molecule has 2 rings (SSSR count). The van der Waals surface area contributed by atoms with Gasteiger partial charge in [-0.2, -0.15) is 0 Å². The average molecular weight is 270 g/mol. The smallest absolute Gasteiger partial charge is 0.234 e. The van der Waals surface area contributed by atoms with Gasteiger partial charge in [0.25, 0.3) is 0 Å². The lowest BCUT2D eigenvalue weighted by molar-refractivity contribution is 0.424. The zero-order chi connectivity index (χ0) is 13.0. The summed E-state index contributed by atoms with van der Waals surface area (Å²) in [6, 6.07) is 6.03. The summed E-state index contributed by atoms with van der Waals surface area (Å²) in [5.41, 5.74) is 0.476. The lowest BCUT2D eigenvalue weighted by Crippen LogP contribution is -2.40. The first kappa shape index (κ1) is 13.2. The molecule has 100 valence electrons. The highest BCUT2D eigenvalue weighted by atomic mass is 32.2. The van der Waals surface area contributed by atoms with Crippen LogP contribution in [0.2, 0.25) is 0 Å². The van der Waals surface area contributed by atoms with Gasteiger partial charge in [0.2, 0.25) is 10.0 Å². The Hall–Kier alpha value is -1.27. The van der Waals surface area contributed by atoms with E-state index >= 15 is 0 Å². The molecule has 0 amide bonds. The van der Waals surface area contributed by atoms with Crippen molar-refractivity contribution in [3.8, 4) is 5.75 Å². The Morgan fingerprint density at radius 1 is 1.28 bits per heavy atom. The van der Waals surface area contributed by atoms with Crippen LogP contribution in [0.1, 0.15) is 19.3 Å². The van der Waals surface area contributed by atoms with E-state index < -0.39 is 10.0 Å². The first-order chi connectivity index (χ1) is 8.55. The number of rotatable bonds is 4. The molecular formula is C12H18N2O3S. The largest absolute Gasteiger partial charge is 0.508 e.